The molecule has 0 radical (unpaired) electrons. The number of benzene rings is 2. The number of carbonyl (C=O) groups excluding carboxylic acids is 1. The second kappa shape index (κ2) is 6.41. The number of carboxylic acids is 1. The number of aryl methyl sites for hydroxylation is 2. The van der Waals surface area contributed by atoms with Crippen LogP contribution < -0.4 is 10.1 Å². The van der Waals surface area contributed by atoms with Gasteiger partial charge in [-0.1, -0.05) is 17.7 Å². The zero-order valence-electron chi connectivity index (χ0n) is 15.5. The molecular formula is C22H23NO4. The molecule has 2 N–H and O–H groups in total. The fourth-order valence-corrected chi connectivity index (χ4v) is 4.36. The van der Waals surface area contributed by atoms with Gasteiger partial charge in [0.1, 0.15) is 5.75 Å². The number of ether oxygens (including phenoxy) is 1. The molecule has 1 heterocycles. The number of hydrogen-bond acceptors (Lipinski definition) is 3. The molecule has 5 heteroatoms. The molecule has 1 amide bonds. The second-order valence-corrected chi connectivity index (χ2v) is 7.69. The lowest BCUT2D eigenvalue weighted by atomic mass is 9.69. The molecule has 2 aromatic rings. The molecule has 1 aliphatic carbocycles. The molecule has 5 nitrogen and oxygen atoms in total. The summed E-state index contributed by atoms with van der Waals surface area (Å²) in [6.45, 7) is 4.10. The summed E-state index contributed by atoms with van der Waals surface area (Å²) in [5.74, 6) is -0.102. The summed E-state index contributed by atoms with van der Waals surface area (Å²) in [4.78, 5) is 24.1. The van der Waals surface area contributed by atoms with Gasteiger partial charge in [0.05, 0.1) is 17.1 Å². The summed E-state index contributed by atoms with van der Waals surface area (Å²) < 4.78 is 6.20. The topological polar surface area (TPSA) is 75.6 Å². The lowest BCUT2D eigenvalue weighted by molar-refractivity contribution is -0.122. The Hall–Kier alpha value is -2.82. The third kappa shape index (κ3) is 2.97. The van der Waals surface area contributed by atoms with E-state index in [9.17, 15) is 14.7 Å². The van der Waals surface area contributed by atoms with Gasteiger partial charge in [0.25, 0.3) is 0 Å². The van der Waals surface area contributed by atoms with Crippen LogP contribution in [0.3, 0.4) is 0 Å². The zero-order valence-corrected chi connectivity index (χ0v) is 15.5. The maximum absolute atomic E-state index is 12.7. The second-order valence-electron chi connectivity index (χ2n) is 7.69. The van der Waals surface area contributed by atoms with Crippen molar-refractivity contribution in [2.45, 2.75) is 51.0 Å². The van der Waals surface area contributed by atoms with E-state index in [2.05, 4.69) is 18.3 Å². The van der Waals surface area contributed by atoms with Gasteiger partial charge >= 0.3 is 5.97 Å². The molecule has 140 valence electrons. The maximum atomic E-state index is 12.7. The van der Waals surface area contributed by atoms with Crippen LogP contribution in [-0.4, -0.2) is 23.1 Å². The summed E-state index contributed by atoms with van der Waals surface area (Å²) in [5, 5.41) is 12.2. The molecule has 2 aromatic carbocycles. The maximum Gasteiger partial charge on any atom is 0.335 e. The highest BCUT2D eigenvalue weighted by atomic mass is 16.5. The molecule has 0 bridgehead atoms. The van der Waals surface area contributed by atoms with Gasteiger partial charge in [-0.25, -0.2) is 4.79 Å². The Bertz CT molecular complexity index is 926. The van der Waals surface area contributed by atoms with Crippen LogP contribution in [0.4, 0.5) is 5.69 Å². The average molecular weight is 365 g/mol. The van der Waals surface area contributed by atoms with E-state index in [1.165, 1.54) is 11.6 Å². The summed E-state index contributed by atoms with van der Waals surface area (Å²) in [6.07, 6.45) is 2.90. The van der Waals surface area contributed by atoms with E-state index in [1.54, 1.807) is 12.1 Å². The van der Waals surface area contributed by atoms with E-state index in [-0.39, 0.29) is 17.6 Å². The number of hydrogen-bond donors (Lipinski definition) is 2. The van der Waals surface area contributed by atoms with Gasteiger partial charge in [-0.15, -0.1) is 0 Å². The van der Waals surface area contributed by atoms with E-state index in [0.717, 1.165) is 35.4 Å². The number of nitrogens with one attached hydrogen (secondary N) is 1. The quantitative estimate of drug-likeness (QED) is 0.854. The van der Waals surface area contributed by atoms with E-state index in [0.29, 0.717) is 12.8 Å². The van der Waals surface area contributed by atoms with Crippen LogP contribution in [0, 0.1) is 13.8 Å². The van der Waals surface area contributed by atoms with Crippen molar-refractivity contribution < 1.29 is 19.4 Å². The summed E-state index contributed by atoms with van der Waals surface area (Å²) in [6, 6.07) is 11.0. The molecule has 1 aliphatic heterocycles. The van der Waals surface area contributed by atoms with Crippen molar-refractivity contribution >= 4 is 17.6 Å². The minimum Gasteiger partial charge on any atom is -0.490 e. The van der Waals surface area contributed by atoms with E-state index in [4.69, 9.17) is 4.74 Å². The summed E-state index contributed by atoms with van der Waals surface area (Å²) in [7, 11) is 0. The van der Waals surface area contributed by atoms with Crippen molar-refractivity contribution in [2.75, 3.05) is 5.32 Å². The number of fused-ring (bicyclic) bond motifs is 2. The molecule has 1 spiro atoms. The van der Waals surface area contributed by atoms with Crippen molar-refractivity contribution in [3.05, 3.63) is 58.7 Å². The molecule has 0 aromatic heterocycles. The first-order valence-electron chi connectivity index (χ1n) is 9.32. The molecule has 2 aliphatic rings. The van der Waals surface area contributed by atoms with Crippen LogP contribution in [0.1, 0.15) is 52.7 Å². The lowest BCUT2D eigenvalue weighted by Gasteiger charge is -2.36. The predicted molar refractivity (Wildman–Crippen MR) is 103 cm³/mol. The average Bonchev–Trinajstić information content (AvgIpc) is 2.90. The predicted octanol–water partition coefficient (Wildman–Crippen LogP) is 4.21. The molecule has 27 heavy (non-hydrogen) atoms. The number of rotatable bonds is 3. The molecule has 0 unspecified atom stereocenters. The smallest absolute Gasteiger partial charge is 0.335 e. The van der Waals surface area contributed by atoms with Crippen LogP contribution >= 0.6 is 0 Å². The largest absolute Gasteiger partial charge is 0.490 e. The number of anilines is 1. The van der Waals surface area contributed by atoms with Gasteiger partial charge in [-0.3, -0.25) is 4.79 Å². The third-order valence-corrected chi connectivity index (χ3v) is 5.88. The van der Waals surface area contributed by atoms with Gasteiger partial charge in [0, 0.05) is 5.69 Å². The number of carboxylic acid groups (broad SMARTS) is 1. The van der Waals surface area contributed by atoms with E-state index >= 15 is 0 Å². The first-order valence-corrected chi connectivity index (χ1v) is 9.32. The Morgan fingerprint density at radius 3 is 2.56 bits per heavy atom. The van der Waals surface area contributed by atoms with Crippen LogP contribution in [-0.2, 0) is 10.2 Å². The van der Waals surface area contributed by atoms with Crippen molar-refractivity contribution in [1.29, 1.82) is 0 Å². The number of carbonyl (C=O) groups is 2. The highest BCUT2D eigenvalue weighted by Gasteiger charge is 2.49. The normalized spacial score (nSPS) is 23.8. The highest BCUT2D eigenvalue weighted by Crippen LogP contribution is 2.48. The Labute approximate surface area is 158 Å². The summed E-state index contributed by atoms with van der Waals surface area (Å²) in [5.41, 5.74) is 3.46. The van der Waals surface area contributed by atoms with Crippen LogP contribution in [0.15, 0.2) is 36.4 Å². The fourth-order valence-electron chi connectivity index (χ4n) is 4.36. The Kier molecular flexibility index (Phi) is 4.17. The first kappa shape index (κ1) is 17.6. The molecule has 4 rings (SSSR count). The van der Waals surface area contributed by atoms with Crippen LogP contribution in [0.2, 0.25) is 0 Å². The van der Waals surface area contributed by atoms with Gasteiger partial charge in [-0.05, 0) is 74.9 Å². The Morgan fingerprint density at radius 2 is 1.89 bits per heavy atom. The summed E-state index contributed by atoms with van der Waals surface area (Å²) >= 11 is 0. The molecule has 1 fully saturated rings. The van der Waals surface area contributed by atoms with Crippen LogP contribution in [0.25, 0.3) is 0 Å². The zero-order chi connectivity index (χ0) is 19.2. The molecular weight excluding hydrogens is 342 g/mol. The number of aromatic carboxylic acids is 1. The molecule has 0 saturated heterocycles. The molecule has 1 saturated carbocycles. The van der Waals surface area contributed by atoms with E-state index in [1.807, 2.05) is 19.1 Å². The van der Waals surface area contributed by atoms with Crippen molar-refractivity contribution in [3.8, 4) is 5.75 Å². The first-order chi connectivity index (χ1) is 12.9. The standard InChI is InChI=1S/C22H23NO4/c1-13-3-6-19(14(2)11-13)27-16-7-9-22(10-8-16)17-12-15(20(24)25)4-5-18(17)23-21(22)26/h3-6,11-12,16H,7-10H2,1-2H3,(H,23,26)(H,24,25)/t16-,22-. The highest BCUT2D eigenvalue weighted by molar-refractivity contribution is 6.07. The van der Waals surface area contributed by atoms with Crippen LogP contribution in [0.5, 0.6) is 5.75 Å². The van der Waals surface area contributed by atoms with Crippen molar-refractivity contribution in [3.63, 3.8) is 0 Å². The van der Waals surface area contributed by atoms with Gasteiger partial charge in [0.2, 0.25) is 5.91 Å². The molecule has 0 atom stereocenters. The Balaban J connectivity index is 1.54. The van der Waals surface area contributed by atoms with Crippen molar-refractivity contribution in [1.82, 2.24) is 0 Å². The number of amides is 1. The van der Waals surface area contributed by atoms with Gasteiger partial charge < -0.3 is 15.2 Å². The van der Waals surface area contributed by atoms with Crippen molar-refractivity contribution in [2.24, 2.45) is 0 Å². The van der Waals surface area contributed by atoms with Gasteiger partial charge in [0.15, 0.2) is 0 Å². The SMILES string of the molecule is Cc1ccc(O[C@H]2CC[C@@]3(CC2)C(=O)Nc2ccc(C(=O)O)cc23)c(C)c1. The lowest BCUT2D eigenvalue weighted by Crippen LogP contribution is -2.41. The van der Waals surface area contributed by atoms with E-state index < -0.39 is 11.4 Å². The fraction of sp³-hybridized carbons (Fsp3) is 0.364. The minimum absolute atomic E-state index is 0.0231. The third-order valence-electron chi connectivity index (χ3n) is 5.88. The Morgan fingerprint density at radius 1 is 1.15 bits per heavy atom. The van der Waals surface area contributed by atoms with Gasteiger partial charge in [-0.2, -0.15) is 0 Å². The minimum atomic E-state index is -0.973. The monoisotopic (exact) mass is 365 g/mol.